The van der Waals surface area contributed by atoms with Crippen LogP contribution in [0.25, 0.3) is 0 Å². The molecule has 2 aromatic rings. The first-order valence-electron chi connectivity index (χ1n) is 7.80. The molecule has 25 heavy (non-hydrogen) atoms. The highest BCUT2D eigenvalue weighted by atomic mass is 32.2. The minimum atomic E-state index is -3.65. The molecule has 7 heteroatoms. The molecule has 0 N–H and O–H groups in total. The van der Waals surface area contributed by atoms with Crippen LogP contribution in [0.5, 0.6) is 0 Å². The van der Waals surface area contributed by atoms with Crippen molar-refractivity contribution in [2.45, 2.75) is 36.6 Å². The van der Waals surface area contributed by atoms with E-state index >= 15 is 0 Å². The molecule has 0 saturated heterocycles. The number of hydrogen-bond acceptors (Lipinski definition) is 4. The van der Waals surface area contributed by atoms with Crippen molar-refractivity contribution in [3.05, 3.63) is 59.2 Å². The Kier molecular flexibility index (Phi) is 5.41. The number of sulfonamides is 1. The minimum Gasteiger partial charge on any atom is -0.224 e. The third-order valence-electron chi connectivity index (χ3n) is 4.49. The van der Waals surface area contributed by atoms with E-state index in [2.05, 4.69) is 0 Å². The SMILES string of the molecule is Cc1ccc(S(=O)(=O)N(C)[C@H](C)c2ccc(S(C)(=O)=O)cc2)cc1C. The summed E-state index contributed by atoms with van der Waals surface area (Å²) in [6, 6.07) is 10.9. The van der Waals surface area contributed by atoms with Gasteiger partial charge in [-0.05, 0) is 61.7 Å². The van der Waals surface area contributed by atoms with E-state index in [0.29, 0.717) is 0 Å². The van der Waals surface area contributed by atoms with Gasteiger partial charge < -0.3 is 0 Å². The first-order valence-corrected chi connectivity index (χ1v) is 11.1. The molecular weight excluding hydrogens is 358 g/mol. The lowest BCUT2D eigenvalue weighted by molar-refractivity contribution is 0.398. The van der Waals surface area contributed by atoms with Gasteiger partial charge in [0.1, 0.15) is 0 Å². The highest BCUT2D eigenvalue weighted by Gasteiger charge is 2.26. The van der Waals surface area contributed by atoms with E-state index in [0.717, 1.165) is 22.9 Å². The minimum absolute atomic E-state index is 0.211. The molecule has 0 amide bonds. The number of hydrogen-bond donors (Lipinski definition) is 0. The largest absolute Gasteiger partial charge is 0.243 e. The fraction of sp³-hybridized carbons (Fsp3) is 0.333. The number of sulfone groups is 1. The van der Waals surface area contributed by atoms with Crippen molar-refractivity contribution in [3.63, 3.8) is 0 Å². The van der Waals surface area contributed by atoms with Crippen LogP contribution in [0.4, 0.5) is 0 Å². The second kappa shape index (κ2) is 6.90. The summed E-state index contributed by atoms with van der Waals surface area (Å²) in [5.41, 5.74) is 2.67. The van der Waals surface area contributed by atoms with Gasteiger partial charge in [-0.2, -0.15) is 4.31 Å². The summed E-state index contributed by atoms with van der Waals surface area (Å²) in [4.78, 5) is 0.459. The molecule has 0 heterocycles. The molecule has 0 bridgehead atoms. The van der Waals surface area contributed by atoms with Gasteiger partial charge in [-0.3, -0.25) is 0 Å². The molecule has 0 fully saturated rings. The second-order valence-corrected chi connectivity index (χ2v) is 10.3. The van der Waals surface area contributed by atoms with Crippen molar-refractivity contribution in [2.75, 3.05) is 13.3 Å². The van der Waals surface area contributed by atoms with Crippen LogP contribution >= 0.6 is 0 Å². The van der Waals surface area contributed by atoms with Gasteiger partial charge in [-0.15, -0.1) is 0 Å². The van der Waals surface area contributed by atoms with Crippen LogP contribution in [0.1, 0.15) is 29.7 Å². The van der Waals surface area contributed by atoms with Crippen LogP contribution in [0.3, 0.4) is 0 Å². The molecule has 0 spiro atoms. The number of rotatable bonds is 5. The predicted octanol–water partition coefficient (Wildman–Crippen LogP) is 3.09. The zero-order chi connectivity index (χ0) is 19.0. The van der Waals surface area contributed by atoms with Gasteiger partial charge in [0.05, 0.1) is 9.79 Å². The molecule has 0 aliphatic carbocycles. The van der Waals surface area contributed by atoms with Crippen molar-refractivity contribution in [2.24, 2.45) is 0 Å². The second-order valence-electron chi connectivity index (χ2n) is 6.28. The maximum Gasteiger partial charge on any atom is 0.243 e. The molecule has 0 saturated carbocycles. The normalized spacial score (nSPS) is 13.8. The van der Waals surface area contributed by atoms with Gasteiger partial charge in [0.25, 0.3) is 0 Å². The van der Waals surface area contributed by atoms with E-state index in [1.807, 2.05) is 13.8 Å². The first kappa shape index (κ1) is 19.6. The van der Waals surface area contributed by atoms with Gasteiger partial charge in [-0.1, -0.05) is 18.2 Å². The number of aryl methyl sites for hydroxylation is 2. The van der Waals surface area contributed by atoms with Crippen LogP contribution in [0.15, 0.2) is 52.3 Å². The molecule has 0 aliphatic heterocycles. The van der Waals surface area contributed by atoms with Gasteiger partial charge in [0.15, 0.2) is 9.84 Å². The Labute approximate surface area is 150 Å². The van der Waals surface area contributed by atoms with E-state index in [-0.39, 0.29) is 9.79 Å². The summed E-state index contributed by atoms with van der Waals surface area (Å²) in [7, 11) is -5.40. The first-order chi connectivity index (χ1) is 11.4. The van der Waals surface area contributed by atoms with Crippen LogP contribution in [-0.2, 0) is 19.9 Å². The molecule has 0 radical (unpaired) electrons. The maximum absolute atomic E-state index is 12.9. The Hall–Kier alpha value is -1.70. The predicted molar refractivity (Wildman–Crippen MR) is 98.8 cm³/mol. The molecular formula is C18H23NO4S2. The van der Waals surface area contributed by atoms with Crippen molar-refractivity contribution in [3.8, 4) is 0 Å². The summed E-state index contributed by atoms with van der Waals surface area (Å²) in [5.74, 6) is 0. The van der Waals surface area contributed by atoms with E-state index < -0.39 is 25.9 Å². The molecule has 136 valence electrons. The standard InChI is InChI=1S/C18H23NO4S2/c1-13-6-9-18(12-14(13)2)25(22,23)19(4)15(3)16-7-10-17(11-8-16)24(5,20)21/h6-12,15H,1-5H3/t15-/m1/s1. The molecule has 2 aromatic carbocycles. The average molecular weight is 382 g/mol. The Morgan fingerprint density at radius 2 is 1.36 bits per heavy atom. The van der Waals surface area contributed by atoms with Gasteiger partial charge in [0.2, 0.25) is 10.0 Å². The highest BCUT2D eigenvalue weighted by Crippen LogP contribution is 2.27. The third-order valence-corrected chi connectivity index (χ3v) is 7.54. The van der Waals surface area contributed by atoms with E-state index in [1.54, 1.807) is 37.3 Å². The number of nitrogens with zero attached hydrogens (tertiary/aromatic N) is 1. The maximum atomic E-state index is 12.9. The molecule has 0 aromatic heterocycles. The summed E-state index contributed by atoms with van der Waals surface area (Å²) in [5, 5.41) is 0. The summed E-state index contributed by atoms with van der Waals surface area (Å²) in [6.45, 7) is 5.58. The lowest BCUT2D eigenvalue weighted by Crippen LogP contribution is -2.30. The van der Waals surface area contributed by atoms with Crippen LogP contribution < -0.4 is 0 Å². The van der Waals surface area contributed by atoms with Crippen molar-refractivity contribution >= 4 is 19.9 Å². The fourth-order valence-electron chi connectivity index (χ4n) is 2.45. The zero-order valence-corrected chi connectivity index (χ0v) is 16.6. The Morgan fingerprint density at radius 3 is 1.84 bits per heavy atom. The lowest BCUT2D eigenvalue weighted by atomic mass is 10.1. The average Bonchev–Trinajstić information content (AvgIpc) is 2.55. The van der Waals surface area contributed by atoms with E-state index in [4.69, 9.17) is 0 Å². The van der Waals surface area contributed by atoms with Crippen LogP contribution in [-0.4, -0.2) is 34.4 Å². The monoisotopic (exact) mass is 381 g/mol. The van der Waals surface area contributed by atoms with E-state index in [9.17, 15) is 16.8 Å². The molecule has 0 unspecified atom stereocenters. The molecule has 5 nitrogen and oxygen atoms in total. The summed E-state index contributed by atoms with van der Waals surface area (Å²) >= 11 is 0. The third kappa shape index (κ3) is 4.11. The Morgan fingerprint density at radius 1 is 0.840 bits per heavy atom. The smallest absolute Gasteiger partial charge is 0.224 e. The van der Waals surface area contributed by atoms with Gasteiger partial charge >= 0.3 is 0 Å². The fourth-order valence-corrected chi connectivity index (χ4v) is 4.52. The Bertz CT molecular complexity index is 978. The lowest BCUT2D eigenvalue weighted by Gasteiger charge is -2.25. The van der Waals surface area contributed by atoms with E-state index in [1.165, 1.54) is 23.5 Å². The molecule has 0 aliphatic rings. The van der Waals surface area contributed by atoms with Crippen molar-refractivity contribution < 1.29 is 16.8 Å². The van der Waals surface area contributed by atoms with Gasteiger partial charge in [0, 0.05) is 19.3 Å². The van der Waals surface area contributed by atoms with Crippen LogP contribution in [0, 0.1) is 13.8 Å². The number of benzene rings is 2. The van der Waals surface area contributed by atoms with Crippen molar-refractivity contribution in [1.29, 1.82) is 0 Å². The summed E-state index contributed by atoms with van der Waals surface area (Å²) < 4.78 is 50.1. The summed E-state index contributed by atoms with van der Waals surface area (Å²) in [6.07, 6.45) is 1.14. The quantitative estimate of drug-likeness (QED) is 0.798. The molecule has 1 atom stereocenters. The topological polar surface area (TPSA) is 71.5 Å². The highest BCUT2D eigenvalue weighted by molar-refractivity contribution is 7.90. The Balaban J connectivity index is 2.35. The van der Waals surface area contributed by atoms with Crippen molar-refractivity contribution in [1.82, 2.24) is 4.31 Å². The van der Waals surface area contributed by atoms with Crippen LogP contribution in [0.2, 0.25) is 0 Å². The molecule has 2 rings (SSSR count). The zero-order valence-electron chi connectivity index (χ0n) is 15.0. The van der Waals surface area contributed by atoms with Gasteiger partial charge in [-0.25, -0.2) is 16.8 Å².